The summed E-state index contributed by atoms with van der Waals surface area (Å²) in [5, 5.41) is 50.1. The van der Waals surface area contributed by atoms with Gasteiger partial charge in [0.1, 0.15) is 31.1 Å². The number of carbonyl (C=O) groups excluding carboxylic acids is 7. The number of carboxylic acids is 4. The summed E-state index contributed by atoms with van der Waals surface area (Å²) >= 11 is 0. The lowest BCUT2D eigenvalue weighted by Gasteiger charge is -2.16. The molecule has 0 spiro atoms. The highest BCUT2D eigenvalue weighted by atomic mass is 16.5. The number of carboxylic acid groups (broad SMARTS) is 4. The third-order valence-electron chi connectivity index (χ3n) is 12.9. The van der Waals surface area contributed by atoms with Crippen molar-refractivity contribution in [2.45, 2.75) is 199 Å². The average Bonchev–Trinajstić information content (AvgIpc) is 3.39. The van der Waals surface area contributed by atoms with E-state index in [2.05, 4.69) is 26.6 Å². The molecule has 24 heteroatoms. The fourth-order valence-electron chi connectivity index (χ4n) is 8.22. The van der Waals surface area contributed by atoms with Crippen LogP contribution in [-0.2, 0) is 71.7 Å². The van der Waals surface area contributed by atoms with E-state index >= 15 is 0 Å². The van der Waals surface area contributed by atoms with Crippen LogP contribution in [0.5, 0.6) is 0 Å². The van der Waals surface area contributed by atoms with E-state index in [1.54, 1.807) is 6.92 Å². The number of carbonyl (C=O) groups is 11. The number of amides is 5. The van der Waals surface area contributed by atoms with Gasteiger partial charge in [0, 0.05) is 64.1 Å². The molecule has 0 heterocycles. The normalized spacial score (nSPS) is 12.6. The molecule has 0 saturated heterocycles. The van der Waals surface area contributed by atoms with Gasteiger partial charge in [-0.25, -0.2) is 9.59 Å². The summed E-state index contributed by atoms with van der Waals surface area (Å²) in [7, 11) is 0. The number of ketones is 2. The molecule has 454 valence electrons. The topological polar surface area (TPSA) is 366 Å². The van der Waals surface area contributed by atoms with Crippen LogP contribution in [0.4, 0.5) is 0 Å². The van der Waals surface area contributed by atoms with Crippen LogP contribution < -0.4 is 26.6 Å². The lowest BCUT2D eigenvalue weighted by Crippen LogP contribution is -2.42. The Morgan fingerprint density at radius 2 is 0.797 bits per heavy atom. The third-order valence-corrected chi connectivity index (χ3v) is 12.9. The molecule has 9 N–H and O–H groups in total. The minimum Gasteiger partial charge on any atom is -0.481 e. The van der Waals surface area contributed by atoms with Crippen molar-refractivity contribution in [3.8, 4) is 0 Å². The van der Waals surface area contributed by atoms with Crippen LogP contribution in [0.2, 0.25) is 0 Å². The Morgan fingerprint density at radius 1 is 0.380 bits per heavy atom. The van der Waals surface area contributed by atoms with E-state index in [9.17, 15) is 68.1 Å². The zero-order valence-electron chi connectivity index (χ0n) is 47.1. The Kier molecular flexibility index (Phi) is 46.0. The molecule has 0 aliphatic heterocycles. The van der Waals surface area contributed by atoms with Crippen molar-refractivity contribution in [1.29, 1.82) is 0 Å². The number of rotatable bonds is 56. The molecule has 0 aliphatic rings. The van der Waals surface area contributed by atoms with Gasteiger partial charge >= 0.3 is 23.9 Å². The molecule has 24 nitrogen and oxygen atoms in total. The van der Waals surface area contributed by atoms with Crippen molar-refractivity contribution < 1.29 is 92.1 Å². The Morgan fingerprint density at radius 3 is 1.25 bits per heavy atom. The summed E-state index contributed by atoms with van der Waals surface area (Å²) in [5.41, 5.74) is 0. The fourth-order valence-corrected chi connectivity index (χ4v) is 8.22. The van der Waals surface area contributed by atoms with Crippen LogP contribution in [-0.4, -0.2) is 170 Å². The monoisotopic (exact) mass is 1130 g/mol. The first kappa shape index (κ1) is 73.4. The number of hydrogen-bond donors (Lipinski definition) is 9. The molecule has 0 bridgehead atoms. The number of Topliss-reactive ketones (excluding diaryl/α,β-unsaturated/α-hetero) is 2. The molecule has 0 fully saturated rings. The number of hydrogen-bond acceptors (Lipinski definition) is 15. The summed E-state index contributed by atoms with van der Waals surface area (Å²) in [5.74, 6) is -8.52. The standard InChI is InChI=1S/C55H95N5O19/c1-3-42(41(2)61)20-18-19-29-56-47(63)27-24-46(55(74)75)60-50(66)26-23-43(53(70)71)38-44(62)39-78-36-34-77-33-31-58-51(67)40-79-37-35-76-32-30-57-48(64)28-25-45(54(72)73)59-49(65)21-16-14-12-10-8-6-4-5-7-9-11-13-15-17-22-52(68)69/h42-43,45-46H,3-40H2,1-2H3,(H,56,63)(H,57,64)(H,58,67)(H,59,65)(H,60,66)(H,68,69)(H,70,71)(H,72,73)(H,74,75)/t42-,43+,45-,46-/m0/s1. The Hall–Kier alpha value is -5.59. The van der Waals surface area contributed by atoms with Gasteiger partial charge in [-0.05, 0) is 58.3 Å². The maximum atomic E-state index is 12.5. The summed E-state index contributed by atoms with van der Waals surface area (Å²) < 4.78 is 21.3. The second-order valence-electron chi connectivity index (χ2n) is 19.7. The minimum absolute atomic E-state index is 0.000186. The number of ether oxygens (including phenoxy) is 4. The van der Waals surface area contributed by atoms with Gasteiger partial charge in [0.25, 0.3) is 0 Å². The molecule has 0 aromatic carbocycles. The quantitative estimate of drug-likeness (QED) is 0.0374. The van der Waals surface area contributed by atoms with Crippen molar-refractivity contribution in [3.63, 3.8) is 0 Å². The molecular formula is C55H95N5O19. The van der Waals surface area contributed by atoms with Gasteiger partial charge in [-0.3, -0.25) is 43.2 Å². The number of unbranched alkanes of at least 4 members (excludes halogenated alkanes) is 14. The second kappa shape index (κ2) is 49.5. The molecule has 0 aromatic heterocycles. The predicted octanol–water partition coefficient (Wildman–Crippen LogP) is 4.65. The van der Waals surface area contributed by atoms with E-state index in [1.807, 2.05) is 6.92 Å². The molecule has 0 unspecified atom stereocenters. The highest BCUT2D eigenvalue weighted by molar-refractivity contribution is 5.87. The highest BCUT2D eigenvalue weighted by Crippen LogP contribution is 2.16. The van der Waals surface area contributed by atoms with Crippen LogP contribution in [0.15, 0.2) is 0 Å². The van der Waals surface area contributed by atoms with Crippen molar-refractivity contribution in [2.75, 3.05) is 72.5 Å². The molecule has 0 aliphatic carbocycles. The van der Waals surface area contributed by atoms with Gasteiger partial charge in [0.2, 0.25) is 29.5 Å². The Labute approximate surface area is 466 Å². The van der Waals surface area contributed by atoms with Crippen LogP contribution in [0.3, 0.4) is 0 Å². The summed E-state index contributed by atoms with van der Waals surface area (Å²) in [6.07, 6.45) is 16.6. The van der Waals surface area contributed by atoms with E-state index in [1.165, 1.54) is 32.1 Å². The molecular weight excluding hydrogens is 1030 g/mol. The molecule has 0 rings (SSSR count). The molecule has 5 amide bonds. The smallest absolute Gasteiger partial charge is 0.326 e. The van der Waals surface area contributed by atoms with Gasteiger partial charge in [-0.15, -0.1) is 0 Å². The van der Waals surface area contributed by atoms with Crippen molar-refractivity contribution >= 4 is 65.0 Å². The van der Waals surface area contributed by atoms with Crippen molar-refractivity contribution in [2.24, 2.45) is 11.8 Å². The lowest BCUT2D eigenvalue weighted by molar-refractivity contribution is -0.145. The number of aliphatic carboxylic acids is 4. The predicted molar refractivity (Wildman–Crippen MR) is 290 cm³/mol. The first-order chi connectivity index (χ1) is 37.9. The van der Waals surface area contributed by atoms with Gasteiger partial charge in [-0.2, -0.15) is 0 Å². The Balaban J connectivity index is 3.97. The molecule has 0 saturated carbocycles. The maximum absolute atomic E-state index is 12.5. The van der Waals surface area contributed by atoms with Crippen LogP contribution in [0.25, 0.3) is 0 Å². The van der Waals surface area contributed by atoms with E-state index in [0.717, 1.165) is 70.6 Å². The molecule has 79 heavy (non-hydrogen) atoms. The number of nitrogens with one attached hydrogen (secondary N) is 5. The summed E-state index contributed by atoms with van der Waals surface area (Å²) in [6.45, 7) is 4.12. The van der Waals surface area contributed by atoms with Gasteiger partial charge in [0.15, 0.2) is 5.78 Å². The largest absolute Gasteiger partial charge is 0.481 e. The summed E-state index contributed by atoms with van der Waals surface area (Å²) in [6, 6.07) is -2.55. The lowest BCUT2D eigenvalue weighted by atomic mass is 9.95. The van der Waals surface area contributed by atoms with Crippen LogP contribution >= 0.6 is 0 Å². The van der Waals surface area contributed by atoms with Gasteiger partial charge in [0.05, 0.1) is 45.6 Å². The summed E-state index contributed by atoms with van der Waals surface area (Å²) in [4.78, 5) is 131. The molecule has 0 radical (unpaired) electrons. The van der Waals surface area contributed by atoms with Crippen LogP contribution in [0, 0.1) is 11.8 Å². The molecule has 0 aromatic rings. The second-order valence-corrected chi connectivity index (χ2v) is 19.7. The van der Waals surface area contributed by atoms with E-state index in [0.29, 0.717) is 19.4 Å². The van der Waals surface area contributed by atoms with E-state index in [-0.39, 0.29) is 134 Å². The van der Waals surface area contributed by atoms with Crippen molar-refractivity contribution in [1.82, 2.24) is 26.6 Å². The fraction of sp³-hybridized carbons (Fsp3) is 0.800. The van der Waals surface area contributed by atoms with Gasteiger partial charge < -0.3 is 66.0 Å². The van der Waals surface area contributed by atoms with Crippen LogP contribution in [0.1, 0.15) is 187 Å². The van der Waals surface area contributed by atoms with E-state index in [4.69, 9.17) is 24.1 Å². The zero-order chi connectivity index (χ0) is 58.9. The maximum Gasteiger partial charge on any atom is 0.326 e. The SMILES string of the molecule is CC[C@@H](CCCCNC(=O)CC[C@H](NC(=O)CC[C@H](CC(=O)COCCOCCNC(=O)COCCOCCNC(=O)CC[C@H](NC(=O)CCCCCCCCCCCCCCCCC(=O)O)C(=O)O)C(=O)O)C(=O)O)C(C)=O. The highest BCUT2D eigenvalue weighted by Gasteiger charge is 2.26. The van der Waals surface area contributed by atoms with E-state index < -0.39 is 78.4 Å². The zero-order valence-corrected chi connectivity index (χ0v) is 47.1. The molecule has 4 atom stereocenters. The van der Waals surface area contributed by atoms with Crippen molar-refractivity contribution in [3.05, 3.63) is 0 Å². The first-order valence-corrected chi connectivity index (χ1v) is 28.5. The average molecular weight is 1130 g/mol. The third kappa shape index (κ3) is 45.9. The Bertz CT molecular complexity index is 1790. The first-order valence-electron chi connectivity index (χ1n) is 28.5. The minimum atomic E-state index is -1.38. The van der Waals surface area contributed by atoms with Gasteiger partial charge in [-0.1, -0.05) is 90.4 Å².